The summed E-state index contributed by atoms with van der Waals surface area (Å²) in [6.07, 6.45) is 3.13. The lowest BCUT2D eigenvalue weighted by Gasteiger charge is -2.35. The largest absolute Gasteiger partial charge is 0.390 e. The molecule has 1 unspecified atom stereocenters. The molecule has 2 rings (SSSR count). The van der Waals surface area contributed by atoms with E-state index < -0.39 is 6.10 Å². The van der Waals surface area contributed by atoms with Crippen LogP contribution in [0, 0.1) is 0 Å². The number of nitrogens with zero attached hydrogens (tertiary/aromatic N) is 4. The zero-order valence-corrected chi connectivity index (χ0v) is 13.7. The molecule has 2 N–H and O–H groups in total. The minimum atomic E-state index is -0.432. The number of rotatable bonds is 9. The summed E-state index contributed by atoms with van der Waals surface area (Å²) in [7, 11) is 1.62. The number of amides is 1. The molecule has 1 atom stereocenters. The quantitative estimate of drug-likeness (QED) is 0.545. The van der Waals surface area contributed by atoms with Crippen LogP contribution in [0.4, 0.5) is 0 Å². The van der Waals surface area contributed by atoms with Gasteiger partial charge in [-0.1, -0.05) is 0 Å². The van der Waals surface area contributed by atoms with Crippen molar-refractivity contribution in [1.29, 1.82) is 0 Å². The molecule has 0 radical (unpaired) electrons. The summed E-state index contributed by atoms with van der Waals surface area (Å²) in [5.74, 6) is 0.0363. The van der Waals surface area contributed by atoms with Crippen molar-refractivity contribution in [1.82, 2.24) is 24.9 Å². The van der Waals surface area contributed by atoms with Gasteiger partial charge in [0.25, 0.3) is 0 Å². The van der Waals surface area contributed by atoms with Crippen LogP contribution in [0.3, 0.4) is 0 Å². The normalized spacial score (nSPS) is 18.0. The standard InChI is InChI=1S/C15H27N5O3/c1-23-10-4-16-15(22)13-19-8-6-18(7-9-19)11-14(21)12-20-5-2-3-17-20/h2-3,5,14,21H,4,6-13H2,1H3,(H,16,22). The number of hydrogen-bond donors (Lipinski definition) is 2. The van der Waals surface area contributed by atoms with Gasteiger partial charge in [-0.2, -0.15) is 5.10 Å². The number of piperazine rings is 1. The van der Waals surface area contributed by atoms with E-state index in [1.54, 1.807) is 18.0 Å². The van der Waals surface area contributed by atoms with Crippen LogP contribution in [-0.4, -0.2) is 96.2 Å². The molecule has 130 valence electrons. The fourth-order valence-electron chi connectivity index (χ4n) is 2.66. The van der Waals surface area contributed by atoms with Gasteiger partial charge in [-0.3, -0.25) is 19.3 Å². The molecule has 1 saturated heterocycles. The summed E-state index contributed by atoms with van der Waals surface area (Å²) < 4.78 is 6.65. The van der Waals surface area contributed by atoms with Crippen LogP contribution in [0.5, 0.6) is 0 Å². The number of carbonyl (C=O) groups excluding carboxylic acids is 1. The minimum Gasteiger partial charge on any atom is -0.390 e. The molecule has 8 nitrogen and oxygen atoms in total. The molecule has 0 bridgehead atoms. The first kappa shape index (κ1) is 17.9. The van der Waals surface area contributed by atoms with Gasteiger partial charge in [0, 0.05) is 58.8 Å². The van der Waals surface area contributed by atoms with Crippen LogP contribution < -0.4 is 5.32 Å². The van der Waals surface area contributed by atoms with Gasteiger partial charge in [0.2, 0.25) is 5.91 Å². The van der Waals surface area contributed by atoms with Crippen LogP contribution >= 0.6 is 0 Å². The van der Waals surface area contributed by atoms with Crippen molar-refractivity contribution in [3.05, 3.63) is 18.5 Å². The lowest BCUT2D eigenvalue weighted by molar-refractivity contribution is -0.122. The summed E-state index contributed by atoms with van der Waals surface area (Å²) in [5, 5.41) is 17.0. The molecule has 1 aromatic rings. The summed E-state index contributed by atoms with van der Waals surface area (Å²) in [6, 6.07) is 1.85. The second-order valence-corrected chi connectivity index (χ2v) is 5.80. The first-order valence-corrected chi connectivity index (χ1v) is 8.03. The van der Waals surface area contributed by atoms with Crippen molar-refractivity contribution in [3.8, 4) is 0 Å². The van der Waals surface area contributed by atoms with E-state index in [1.807, 2.05) is 12.3 Å². The number of aliphatic hydroxyl groups is 1. The predicted molar refractivity (Wildman–Crippen MR) is 86.0 cm³/mol. The Morgan fingerprint density at radius 3 is 2.70 bits per heavy atom. The Balaban J connectivity index is 1.60. The highest BCUT2D eigenvalue weighted by Gasteiger charge is 2.20. The maximum absolute atomic E-state index is 11.8. The molecule has 1 aromatic heterocycles. The first-order valence-electron chi connectivity index (χ1n) is 8.03. The van der Waals surface area contributed by atoms with Gasteiger partial charge in [-0.05, 0) is 6.07 Å². The number of methoxy groups -OCH3 is 1. The molecule has 1 fully saturated rings. The topological polar surface area (TPSA) is 82.9 Å². The highest BCUT2D eigenvalue weighted by Crippen LogP contribution is 2.03. The van der Waals surface area contributed by atoms with Crippen molar-refractivity contribution in [2.45, 2.75) is 12.6 Å². The van der Waals surface area contributed by atoms with E-state index in [1.165, 1.54) is 0 Å². The first-order chi connectivity index (χ1) is 11.2. The highest BCUT2D eigenvalue weighted by molar-refractivity contribution is 5.77. The average molecular weight is 325 g/mol. The number of hydrogen-bond acceptors (Lipinski definition) is 6. The van der Waals surface area contributed by atoms with Crippen molar-refractivity contribution in [3.63, 3.8) is 0 Å². The van der Waals surface area contributed by atoms with Crippen molar-refractivity contribution < 1.29 is 14.6 Å². The molecular formula is C15H27N5O3. The second-order valence-electron chi connectivity index (χ2n) is 5.80. The Hall–Kier alpha value is -1.48. The molecular weight excluding hydrogens is 298 g/mol. The monoisotopic (exact) mass is 325 g/mol. The Morgan fingerprint density at radius 1 is 1.30 bits per heavy atom. The lowest BCUT2D eigenvalue weighted by Crippen LogP contribution is -2.51. The molecule has 8 heteroatoms. The van der Waals surface area contributed by atoms with Crippen LogP contribution in [0.1, 0.15) is 0 Å². The fourth-order valence-corrected chi connectivity index (χ4v) is 2.66. The third kappa shape index (κ3) is 6.66. The van der Waals surface area contributed by atoms with Crippen LogP contribution in [0.15, 0.2) is 18.5 Å². The van der Waals surface area contributed by atoms with E-state index in [-0.39, 0.29) is 5.91 Å². The van der Waals surface area contributed by atoms with Crippen LogP contribution in [-0.2, 0) is 16.1 Å². The molecule has 2 heterocycles. The molecule has 0 aliphatic carbocycles. The number of carbonyl (C=O) groups is 1. The zero-order chi connectivity index (χ0) is 16.5. The lowest BCUT2D eigenvalue weighted by atomic mass is 10.2. The van der Waals surface area contributed by atoms with Gasteiger partial charge in [0.05, 0.1) is 25.8 Å². The number of nitrogens with one attached hydrogen (secondary N) is 1. The number of β-amino-alcohol motifs (C(OH)–C–C–N with tert-alkyl or cyclic N) is 1. The summed E-state index contributed by atoms with van der Waals surface area (Å²) in [6.45, 7) is 6.06. The molecule has 1 amide bonds. The Bertz CT molecular complexity index is 446. The maximum Gasteiger partial charge on any atom is 0.234 e. The zero-order valence-electron chi connectivity index (χ0n) is 13.7. The fraction of sp³-hybridized carbons (Fsp3) is 0.733. The van der Waals surface area contributed by atoms with Crippen LogP contribution in [0.25, 0.3) is 0 Å². The van der Waals surface area contributed by atoms with Crippen LogP contribution in [0.2, 0.25) is 0 Å². The highest BCUT2D eigenvalue weighted by atomic mass is 16.5. The van der Waals surface area contributed by atoms with Gasteiger partial charge < -0.3 is 15.2 Å². The van der Waals surface area contributed by atoms with Gasteiger partial charge >= 0.3 is 0 Å². The smallest absolute Gasteiger partial charge is 0.234 e. The van der Waals surface area contributed by atoms with E-state index in [4.69, 9.17) is 4.74 Å². The third-order valence-corrected chi connectivity index (χ3v) is 3.89. The van der Waals surface area contributed by atoms with Gasteiger partial charge in [-0.15, -0.1) is 0 Å². The summed E-state index contributed by atoms with van der Waals surface area (Å²) in [5.41, 5.74) is 0. The van der Waals surface area contributed by atoms with Gasteiger partial charge in [0.1, 0.15) is 0 Å². The average Bonchev–Trinajstić information content (AvgIpc) is 3.02. The third-order valence-electron chi connectivity index (χ3n) is 3.89. The Morgan fingerprint density at radius 2 is 2.04 bits per heavy atom. The van der Waals surface area contributed by atoms with E-state index in [0.717, 1.165) is 26.2 Å². The number of ether oxygens (including phenoxy) is 1. The SMILES string of the molecule is COCCNC(=O)CN1CCN(CC(O)Cn2cccn2)CC1. The second kappa shape index (κ2) is 9.61. The van der Waals surface area contributed by atoms with E-state index in [2.05, 4.69) is 20.2 Å². The molecule has 0 spiro atoms. The summed E-state index contributed by atoms with van der Waals surface area (Å²) >= 11 is 0. The van der Waals surface area contributed by atoms with Crippen molar-refractivity contribution in [2.24, 2.45) is 0 Å². The summed E-state index contributed by atoms with van der Waals surface area (Å²) in [4.78, 5) is 16.1. The van der Waals surface area contributed by atoms with E-state index >= 15 is 0 Å². The predicted octanol–water partition coefficient (Wildman–Crippen LogP) is -1.38. The Labute approximate surface area is 137 Å². The van der Waals surface area contributed by atoms with E-state index in [0.29, 0.717) is 32.8 Å². The number of aliphatic hydroxyl groups excluding tert-OH is 1. The maximum atomic E-state index is 11.8. The van der Waals surface area contributed by atoms with Crippen molar-refractivity contribution >= 4 is 5.91 Å². The van der Waals surface area contributed by atoms with Gasteiger partial charge in [0.15, 0.2) is 0 Å². The molecule has 0 saturated carbocycles. The Kier molecular flexibility index (Phi) is 7.47. The molecule has 0 aromatic carbocycles. The minimum absolute atomic E-state index is 0.0363. The molecule has 1 aliphatic rings. The number of aromatic nitrogens is 2. The molecule has 1 aliphatic heterocycles. The van der Waals surface area contributed by atoms with Gasteiger partial charge in [-0.25, -0.2) is 0 Å². The van der Waals surface area contributed by atoms with Crippen molar-refractivity contribution in [2.75, 3.05) is 59.5 Å². The molecule has 23 heavy (non-hydrogen) atoms. The van der Waals surface area contributed by atoms with E-state index in [9.17, 15) is 9.90 Å².